The average molecular weight is 396 g/mol. The summed E-state index contributed by atoms with van der Waals surface area (Å²) in [7, 11) is 1.28. The molecule has 0 bridgehead atoms. The van der Waals surface area contributed by atoms with Crippen LogP contribution in [-0.4, -0.2) is 36.0 Å². The number of rotatable bonds is 6. The molecule has 1 aromatic carbocycles. The lowest BCUT2D eigenvalue weighted by molar-refractivity contribution is -0.146. The molecule has 0 saturated carbocycles. The molecule has 8 nitrogen and oxygen atoms in total. The molecule has 0 spiro atoms. The van der Waals surface area contributed by atoms with E-state index in [1.54, 1.807) is 19.1 Å². The molecule has 0 fully saturated rings. The smallest absolute Gasteiger partial charge is 0.340 e. The summed E-state index contributed by atoms with van der Waals surface area (Å²) in [6.45, 7) is 3.03. The fourth-order valence-corrected chi connectivity index (χ4v) is 2.92. The number of pyridine rings is 1. The van der Waals surface area contributed by atoms with Crippen molar-refractivity contribution in [3.8, 4) is 0 Å². The number of aryl methyl sites for hydroxylation is 1. The van der Waals surface area contributed by atoms with E-state index in [4.69, 9.17) is 13.9 Å². The molecule has 3 rings (SSSR count). The van der Waals surface area contributed by atoms with Crippen molar-refractivity contribution in [1.82, 2.24) is 10.3 Å². The van der Waals surface area contributed by atoms with Crippen LogP contribution in [0.2, 0.25) is 0 Å². The van der Waals surface area contributed by atoms with E-state index in [2.05, 4.69) is 10.3 Å². The number of carbonyl (C=O) groups is 3. The fourth-order valence-electron chi connectivity index (χ4n) is 2.92. The summed E-state index contributed by atoms with van der Waals surface area (Å²) in [4.78, 5) is 41.0. The summed E-state index contributed by atoms with van der Waals surface area (Å²) in [6, 6.07) is 9.47. The molecule has 3 aromatic rings. The molecular formula is C21H20N2O6. The highest BCUT2D eigenvalue weighted by Gasteiger charge is 2.23. The number of hydrogen-bond acceptors (Lipinski definition) is 7. The van der Waals surface area contributed by atoms with Crippen LogP contribution >= 0.6 is 0 Å². The number of amides is 1. The zero-order chi connectivity index (χ0) is 21.0. The number of ether oxygens (including phenoxy) is 2. The van der Waals surface area contributed by atoms with Gasteiger partial charge in [-0.1, -0.05) is 18.2 Å². The Morgan fingerprint density at radius 1 is 1.17 bits per heavy atom. The Kier molecular flexibility index (Phi) is 5.92. The summed E-state index contributed by atoms with van der Waals surface area (Å²) in [5.74, 6) is -1.68. The maximum atomic E-state index is 12.3. The zero-order valence-corrected chi connectivity index (χ0v) is 16.2. The van der Waals surface area contributed by atoms with Crippen LogP contribution in [-0.2, 0) is 20.9 Å². The van der Waals surface area contributed by atoms with E-state index >= 15 is 0 Å². The molecule has 1 N–H and O–H groups in total. The molecule has 1 unspecified atom stereocenters. The standard InChI is InChI=1S/C21H20N2O6/c1-12-14-7-4-5-8-15(14)23-16(18(12)21(26)27-3)11-29-20(25)13(2)22-19(24)17-9-6-10-28-17/h4-10,13H,11H2,1-3H3,(H,22,24). The van der Waals surface area contributed by atoms with Crippen LogP contribution in [0.3, 0.4) is 0 Å². The second-order valence-electron chi connectivity index (χ2n) is 6.35. The maximum absolute atomic E-state index is 12.3. The van der Waals surface area contributed by atoms with Crippen molar-refractivity contribution in [2.75, 3.05) is 7.11 Å². The van der Waals surface area contributed by atoms with Gasteiger partial charge in [0.05, 0.1) is 30.1 Å². The summed E-state index contributed by atoms with van der Waals surface area (Å²) < 4.78 is 15.1. The molecule has 1 atom stereocenters. The van der Waals surface area contributed by atoms with Crippen LogP contribution in [0.25, 0.3) is 10.9 Å². The van der Waals surface area contributed by atoms with Crippen molar-refractivity contribution >= 4 is 28.7 Å². The Hall–Kier alpha value is -3.68. The summed E-state index contributed by atoms with van der Waals surface area (Å²) >= 11 is 0. The Morgan fingerprint density at radius 3 is 2.62 bits per heavy atom. The molecule has 0 aliphatic heterocycles. The molecule has 0 aliphatic rings. The minimum atomic E-state index is -0.921. The first kappa shape index (κ1) is 20.1. The van der Waals surface area contributed by atoms with Crippen LogP contribution in [0.15, 0.2) is 47.1 Å². The van der Waals surface area contributed by atoms with E-state index in [0.29, 0.717) is 11.1 Å². The number of benzene rings is 1. The Labute approximate surface area is 166 Å². The third kappa shape index (κ3) is 4.26. The number of nitrogens with zero attached hydrogens (tertiary/aromatic N) is 1. The van der Waals surface area contributed by atoms with Gasteiger partial charge in [-0.15, -0.1) is 0 Å². The zero-order valence-electron chi connectivity index (χ0n) is 16.2. The van der Waals surface area contributed by atoms with E-state index in [9.17, 15) is 14.4 Å². The van der Waals surface area contributed by atoms with Gasteiger partial charge in [-0.2, -0.15) is 0 Å². The van der Waals surface area contributed by atoms with Gasteiger partial charge in [0.2, 0.25) is 0 Å². The minimum absolute atomic E-state index is 0.0875. The van der Waals surface area contributed by atoms with Crippen molar-refractivity contribution in [3.63, 3.8) is 0 Å². The topological polar surface area (TPSA) is 108 Å². The Balaban J connectivity index is 1.77. The van der Waals surface area contributed by atoms with Gasteiger partial charge in [-0.25, -0.2) is 14.6 Å². The highest BCUT2D eigenvalue weighted by atomic mass is 16.5. The Bertz CT molecular complexity index is 1060. The van der Waals surface area contributed by atoms with Gasteiger partial charge in [0.25, 0.3) is 5.91 Å². The monoisotopic (exact) mass is 396 g/mol. The van der Waals surface area contributed by atoms with Crippen LogP contribution in [0.1, 0.15) is 39.1 Å². The number of para-hydroxylation sites is 1. The molecule has 0 aliphatic carbocycles. The van der Waals surface area contributed by atoms with Gasteiger partial charge in [-0.3, -0.25) is 4.79 Å². The number of aromatic nitrogens is 1. The van der Waals surface area contributed by atoms with Crippen LogP contribution in [0.4, 0.5) is 0 Å². The lowest BCUT2D eigenvalue weighted by atomic mass is 10.0. The number of esters is 2. The number of fused-ring (bicyclic) bond motifs is 1. The van der Waals surface area contributed by atoms with E-state index in [1.165, 1.54) is 26.4 Å². The van der Waals surface area contributed by atoms with E-state index < -0.39 is 23.9 Å². The number of carbonyl (C=O) groups excluding carboxylic acids is 3. The van der Waals surface area contributed by atoms with Crippen molar-refractivity contribution in [1.29, 1.82) is 0 Å². The van der Waals surface area contributed by atoms with Crippen LogP contribution < -0.4 is 5.32 Å². The SMILES string of the molecule is COC(=O)c1c(COC(=O)C(C)NC(=O)c2ccco2)nc2ccccc2c1C. The van der Waals surface area contributed by atoms with Gasteiger partial charge >= 0.3 is 11.9 Å². The number of furan rings is 1. The van der Waals surface area contributed by atoms with Crippen molar-refractivity contribution < 1.29 is 28.3 Å². The van der Waals surface area contributed by atoms with E-state index in [-0.39, 0.29) is 23.6 Å². The quantitative estimate of drug-likeness (QED) is 0.638. The summed E-state index contributed by atoms with van der Waals surface area (Å²) in [5.41, 5.74) is 1.90. The molecular weight excluding hydrogens is 376 g/mol. The molecule has 2 aromatic heterocycles. The predicted octanol–water partition coefficient (Wildman–Crippen LogP) is 2.78. The van der Waals surface area contributed by atoms with Crippen molar-refractivity contribution in [2.45, 2.75) is 26.5 Å². The third-order valence-electron chi connectivity index (χ3n) is 4.41. The highest BCUT2D eigenvalue weighted by Crippen LogP contribution is 2.24. The lowest BCUT2D eigenvalue weighted by Gasteiger charge is -2.15. The van der Waals surface area contributed by atoms with Gasteiger partial charge in [0.15, 0.2) is 5.76 Å². The second-order valence-corrected chi connectivity index (χ2v) is 6.35. The second kappa shape index (κ2) is 8.55. The van der Waals surface area contributed by atoms with Gasteiger partial charge in [-0.05, 0) is 37.6 Å². The Morgan fingerprint density at radius 2 is 1.93 bits per heavy atom. The molecule has 1 amide bonds. The normalized spacial score (nSPS) is 11.7. The summed E-state index contributed by atoms with van der Waals surface area (Å²) in [5, 5.41) is 3.30. The van der Waals surface area contributed by atoms with E-state index in [1.807, 2.05) is 18.2 Å². The largest absolute Gasteiger partial charge is 0.465 e. The maximum Gasteiger partial charge on any atom is 0.340 e. The first-order valence-electron chi connectivity index (χ1n) is 8.90. The third-order valence-corrected chi connectivity index (χ3v) is 4.41. The van der Waals surface area contributed by atoms with E-state index in [0.717, 1.165) is 5.39 Å². The van der Waals surface area contributed by atoms with Crippen molar-refractivity contribution in [3.05, 3.63) is 65.2 Å². The average Bonchev–Trinajstić information content (AvgIpc) is 3.26. The van der Waals surface area contributed by atoms with Crippen LogP contribution in [0, 0.1) is 6.92 Å². The minimum Gasteiger partial charge on any atom is -0.465 e. The first-order valence-corrected chi connectivity index (χ1v) is 8.90. The van der Waals surface area contributed by atoms with Gasteiger partial charge < -0.3 is 19.2 Å². The van der Waals surface area contributed by atoms with Crippen molar-refractivity contribution in [2.24, 2.45) is 0 Å². The van der Waals surface area contributed by atoms with Gasteiger partial charge in [0.1, 0.15) is 12.6 Å². The fraction of sp³-hybridized carbons (Fsp3) is 0.238. The number of nitrogens with one attached hydrogen (secondary N) is 1. The molecule has 0 radical (unpaired) electrons. The molecule has 150 valence electrons. The first-order chi connectivity index (χ1) is 13.9. The van der Waals surface area contributed by atoms with Gasteiger partial charge in [0, 0.05) is 5.39 Å². The van der Waals surface area contributed by atoms with Crippen LogP contribution in [0.5, 0.6) is 0 Å². The lowest BCUT2D eigenvalue weighted by Crippen LogP contribution is -2.39. The molecule has 2 heterocycles. The molecule has 8 heteroatoms. The number of methoxy groups -OCH3 is 1. The number of hydrogen-bond donors (Lipinski definition) is 1. The summed E-state index contributed by atoms with van der Waals surface area (Å²) in [6.07, 6.45) is 1.36. The predicted molar refractivity (Wildman–Crippen MR) is 103 cm³/mol. The molecule has 29 heavy (non-hydrogen) atoms. The molecule has 0 saturated heterocycles. The highest BCUT2D eigenvalue weighted by molar-refractivity contribution is 5.98.